The van der Waals surface area contributed by atoms with E-state index in [4.69, 9.17) is 9.84 Å². The van der Waals surface area contributed by atoms with Crippen LogP contribution in [0.1, 0.15) is 17.3 Å². The number of hydrogen-bond acceptors (Lipinski definition) is 3. The fourth-order valence-corrected chi connectivity index (χ4v) is 2.00. The molecule has 18 heavy (non-hydrogen) atoms. The molecule has 5 nitrogen and oxygen atoms in total. The van der Waals surface area contributed by atoms with Crippen LogP contribution >= 0.6 is 0 Å². The second-order valence-electron chi connectivity index (χ2n) is 3.84. The fraction of sp³-hybridized carbons (Fsp3) is 0.231. The lowest BCUT2D eigenvalue weighted by molar-refractivity contribution is 0.0696. The van der Waals surface area contributed by atoms with Gasteiger partial charge in [-0.15, -0.1) is 0 Å². The molecule has 0 saturated heterocycles. The van der Waals surface area contributed by atoms with Crippen molar-refractivity contribution in [2.24, 2.45) is 0 Å². The molecule has 1 N–H and O–H groups in total. The summed E-state index contributed by atoms with van der Waals surface area (Å²) in [5.74, 6) is -0.631. The fourth-order valence-electron chi connectivity index (χ4n) is 2.00. The van der Waals surface area contributed by atoms with Crippen LogP contribution in [0, 0.1) is 0 Å². The molecule has 0 aliphatic heterocycles. The number of aromatic nitrogens is 1. The molecule has 94 valence electrons. The van der Waals surface area contributed by atoms with Gasteiger partial charge in [0.2, 0.25) is 0 Å². The van der Waals surface area contributed by atoms with Crippen LogP contribution in [0.15, 0.2) is 29.1 Å². The molecule has 0 bridgehead atoms. The van der Waals surface area contributed by atoms with Gasteiger partial charge in [-0.1, -0.05) is 0 Å². The number of carboxylic acid groups (broad SMARTS) is 1. The molecule has 1 aromatic heterocycles. The van der Waals surface area contributed by atoms with Crippen LogP contribution in [-0.4, -0.2) is 22.8 Å². The first kappa shape index (κ1) is 12.2. The summed E-state index contributed by atoms with van der Waals surface area (Å²) in [5.41, 5.74) is 0.629. The topological polar surface area (TPSA) is 68.5 Å². The Kier molecular flexibility index (Phi) is 3.06. The summed E-state index contributed by atoms with van der Waals surface area (Å²) in [4.78, 5) is 22.8. The summed E-state index contributed by atoms with van der Waals surface area (Å²) in [6.07, 6.45) is 0. The van der Waals surface area contributed by atoms with E-state index >= 15 is 0 Å². The number of nitrogens with zero attached hydrogens (tertiary/aromatic N) is 1. The smallest absolute Gasteiger partial charge is 0.335 e. The molecule has 0 unspecified atom stereocenters. The number of rotatable bonds is 3. The molecule has 0 saturated carbocycles. The summed E-state index contributed by atoms with van der Waals surface area (Å²) in [6.45, 7) is 2.35. The zero-order valence-corrected chi connectivity index (χ0v) is 10.1. The van der Waals surface area contributed by atoms with Crippen molar-refractivity contribution < 1.29 is 14.6 Å². The molecule has 2 aromatic rings. The van der Waals surface area contributed by atoms with Gasteiger partial charge < -0.3 is 14.4 Å². The van der Waals surface area contributed by atoms with Gasteiger partial charge in [-0.2, -0.15) is 0 Å². The molecule has 0 aliphatic rings. The highest BCUT2D eigenvalue weighted by atomic mass is 16.5. The van der Waals surface area contributed by atoms with Gasteiger partial charge in [0.15, 0.2) is 0 Å². The van der Waals surface area contributed by atoms with Gasteiger partial charge in [0.05, 0.1) is 18.2 Å². The lowest BCUT2D eigenvalue weighted by Crippen LogP contribution is -2.18. The molecule has 0 atom stereocenters. The van der Waals surface area contributed by atoms with Crippen LogP contribution in [0.5, 0.6) is 5.75 Å². The molecule has 5 heteroatoms. The predicted octanol–water partition coefficient (Wildman–Crippen LogP) is 1.73. The molecule has 1 aromatic carbocycles. The summed E-state index contributed by atoms with van der Waals surface area (Å²) < 4.78 is 6.75. The highest BCUT2D eigenvalue weighted by molar-refractivity contribution is 5.96. The third-order valence-electron chi connectivity index (χ3n) is 2.83. The van der Waals surface area contributed by atoms with Gasteiger partial charge in [-0.25, -0.2) is 4.79 Å². The van der Waals surface area contributed by atoms with E-state index in [1.165, 1.54) is 25.3 Å². The van der Waals surface area contributed by atoms with E-state index in [0.717, 1.165) is 0 Å². The molecular weight excluding hydrogens is 234 g/mol. The Balaban J connectivity index is 2.91. The van der Waals surface area contributed by atoms with Crippen LogP contribution < -0.4 is 10.3 Å². The van der Waals surface area contributed by atoms with E-state index in [9.17, 15) is 9.59 Å². The zero-order chi connectivity index (χ0) is 13.3. The van der Waals surface area contributed by atoms with E-state index in [1.54, 1.807) is 10.6 Å². The average Bonchev–Trinajstić information content (AvgIpc) is 2.37. The van der Waals surface area contributed by atoms with Gasteiger partial charge >= 0.3 is 5.97 Å². The van der Waals surface area contributed by atoms with E-state index in [0.29, 0.717) is 23.2 Å². The summed E-state index contributed by atoms with van der Waals surface area (Å²) in [5, 5.41) is 9.70. The van der Waals surface area contributed by atoms with Gasteiger partial charge in [0.25, 0.3) is 5.56 Å². The number of methoxy groups -OCH3 is 1. The minimum absolute atomic E-state index is 0.133. The van der Waals surface area contributed by atoms with Crippen LogP contribution in [0.25, 0.3) is 10.9 Å². The second kappa shape index (κ2) is 4.52. The Morgan fingerprint density at radius 3 is 2.67 bits per heavy atom. The molecule has 0 aliphatic carbocycles. The predicted molar refractivity (Wildman–Crippen MR) is 67.4 cm³/mol. The number of hydrogen-bond donors (Lipinski definition) is 1. The Hall–Kier alpha value is -2.30. The number of ether oxygens (including phenoxy) is 1. The van der Waals surface area contributed by atoms with Crippen molar-refractivity contribution in [3.63, 3.8) is 0 Å². The van der Waals surface area contributed by atoms with E-state index in [-0.39, 0.29) is 11.1 Å². The Morgan fingerprint density at radius 1 is 1.39 bits per heavy atom. The molecular formula is C13H13NO4. The lowest BCUT2D eigenvalue weighted by Gasteiger charge is -2.12. The quantitative estimate of drug-likeness (QED) is 0.896. The Labute approximate surface area is 103 Å². The van der Waals surface area contributed by atoms with Crippen molar-refractivity contribution in [3.05, 3.63) is 40.2 Å². The summed E-state index contributed by atoms with van der Waals surface area (Å²) in [7, 11) is 1.46. The van der Waals surface area contributed by atoms with Crippen molar-refractivity contribution in [2.45, 2.75) is 13.5 Å². The lowest BCUT2D eigenvalue weighted by atomic mass is 10.1. The number of benzene rings is 1. The van der Waals surface area contributed by atoms with Crippen molar-refractivity contribution in [2.75, 3.05) is 7.11 Å². The maximum Gasteiger partial charge on any atom is 0.335 e. The van der Waals surface area contributed by atoms with Crippen molar-refractivity contribution in [1.29, 1.82) is 0 Å². The van der Waals surface area contributed by atoms with Gasteiger partial charge in [0.1, 0.15) is 5.75 Å². The van der Waals surface area contributed by atoms with Gasteiger partial charge in [-0.3, -0.25) is 4.79 Å². The highest BCUT2D eigenvalue weighted by Gasteiger charge is 2.12. The molecule has 2 rings (SSSR count). The van der Waals surface area contributed by atoms with E-state index < -0.39 is 5.97 Å². The Morgan fingerprint density at radius 2 is 2.11 bits per heavy atom. The molecule has 0 spiro atoms. The first-order chi connectivity index (χ1) is 8.58. The number of carboxylic acids is 1. The second-order valence-corrected chi connectivity index (χ2v) is 3.84. The van der Waals surface area contributed by atoms with Gasteiger partial charge in [-0.05, 0) is 25.1 Å². The standard InChI is InChI=1S/C13H13NO4/c1-3-14-11(15)5-4-8-6-9(13(16)17)7-10(18-2)12(8)14/h4-7H,3H2,1-2H3,(H,16,17). The molecule has 0 amide bonds. The van der Waals surface area contributed by atoms with Crippen molar-refractivity contribution in [1.82, 2.24) is 4.57 Å². The molecule has 0 radical (unpaired) electrons. The van der Waals surface area contributed by atoms with Crippen molar-refractivity contribution in [3.8, 4) is 5.75 Å². The maximum absolute atomic E-state index is 11.7. The van der Waals surface area contributed by atoms with E-state index in [2.05, 4.69) is 0 Å². The molecule has 0 fully saturated rings. The average molecular weight is 247 g/mol. The highest BCUT2D eigenvalue weighted by Crippen LogP contribution is 2.26. The summed E-state index contributed by atoms with van der Waals surface area (Å²) in [6, 6.07) is 6.00. The first-order valence-electron chi connectivity index (χ1n) is 5.53. The van der Waals surface area contributed by atoms with Gasteiger partial charge in [0, 0.05) is 18.0 Å². The number of fused-ring (bicyclic) bond motifs is 1. The summed E-state index contributed by atoms with van der Waals surface area (Å²) >= 11 is 0. The Bertz CT molecular complexity index is 672. The third-order valence-corrected chi connectivity index (χ3v) is 2.83. The number of pyridine rings is 1. The van der Waals surface area contributed by atoms with Crippen LogP contribution in [-0.2, 0) is 6.54 Å². The number of carbonyl (C=O) groups is 1. The van der Waals surface area contributed by atoms with Crippen LogP contribution in [0.3, 0.4) is 0 Å². The number of aryl methyl sites for hydroxylation is 1. The first-order valence-corrected chi connectivity index (χ1v) is 5.53. The zero-order valence-electron chi connectivity index (χ0n) is 10.1. The third kappa shape index (κ3) is 1.84. The van der Waals surface area contributed by atoms with E-state index in [1.807, 2.05) is 6.92 Å². The largest absolute Gasteiger partial charge is 0.495 e. The van der Waals surface area contributed by atoms with Crippen LogP contribution in [0.2, 0.25) is 0 Å². The SMILES string of the molecule is CCn1c(=O)ccc2cc(C(=O)O)cc(OC)c21. The minimum Gasteiger partial charge on any atom is -0.495 e. The number of aromatic carboxylic acids is 1. The normalized spacial score (nSPS) is 10.6. The van der Waals surface area contributed by atoms with Crippen molar-refractivity contribution >= 4 is 16.9 Å². The molecule has 1 heterocycles. The van der Waals surface area contributed by atoms with Crippen LogP contribution in [0.4, 0.5) is 0 Å². The monoisotopic (exact) mass is 247 g/mol. The minimum atomic E-state index is -1.02. The maximum atomic E-state index is 11.7.